The van der Waals surface area contributed by atoms with Crippen LogP contribution in [-0.4, -0.2) is 17.1 Å². The number of carbonyl (C=O) groups is 1. The zero-order chi connectivity index (χ0) is 12.8. The first kappa shape index (κ1) is 14.2. The molecule has 1 unspecified atom stereocenters. The Kier molecular flexibility index (Phi) is 5.61. The van der Waals surface area contributed by atoms with Gasteiger partial charge in [0, 0.05) is 6.04 Å². The molecule has 0 aliphatic rings. The first-order valence-corrected chi connectivity index (χ1v) is 7.02. The Hall–Kier alpha value is -0.910. The average molecular weight is 269 g/mol. The second-order valence-electron chi connectivity index (χ2n) is 3.75. The molecule has 0 aliphatic heterocycles. The number of hydrogen-bond donors (Lipinski definition) is 3. The molecule has 0 spiro atoms. The summed E-state index contributed by atoms with van der Waals surface area (Å²) in [7, 11) is 0.942. The number of aliphatic carboxylic acids is 1. The molecule has 0 aromatic heterocycles. The van der Waals surface area contributed by atoms with E-state index in [0.29, 0.717) is 6.42 Å². The van der Waals surface area contributed by atoms with Crippen molar-refractivity contribution in [3.05, 3.63) is 40.8 Å². The summed E-state index contributed by atoms with van der Waals surface area (Å²) in [6.45, 7) is 1.85. The highest BCUT2D eigenvalue weighted by atomic mass is 33.1. The van der Waals surface area contributed by atoms with Crippen LogP contribution in [0.15, 0.2) is 35.2 Å². The third-order valence-corrected chi connectivity index (χ3v) is 3.36. The van der Waals surface area contributed by atoms with Crippen molar-refractivity contribution in [1.29, 1.82) is 0 Å². The zero-order valence-corrected chi connectivity index (χ0v) is 11.2. The molecule has 0 amide bonds. The van der Waals surface area contributed by atoms with Crippen molar-refractivity contribution >= 4 is 34.0 Å². The van der Waals surface area contributed by atoms with Crippen LogP contribution in [0.4, 0.5) is 0 Å². The van der Waals surface area contributed by atoms with Gasteiger partial charge >= 0.3 is 5.97 Å². The van der Waals surface area contributed by atoms with Gasteiger partial charge < -0.3 is 10.8 Å². The molecule has 1 aromatic rings. The van der Waals surface area contributed by atoms with Crippen molar-refractivity contribution in [3.63, 3.8) is 0 Å². The number of carboxylic acids is 1. The monoisotopic (exact) mass is 269 g/mol. The molecule has 0 heterocycles. The summed E-state index contributed by atoms with van der Waals surface area (Å²) in [5.41, 5.74) is 7.37. The standard InChI is InChI=1S/C12H15NO2S2/c1-8(13)7-10(11(17-16)12(14)15)9-5-3-2-4-6-9/h2-6,8,16H,7,13H2,1H3,(H,14,15). The van der Waals surface area contributed by atoms with Gasteiger partial charge in [-0.15, -0.1) is 11.7 Å². The smallest absolute Gasteiger partial charge is 0.343 e. The van der Waals surface area contributed by atoms with Crippen LogP contribution in [0, 0.1) is 0 Å². The number of carboxylic acid groups (broad SMARTS) is 1. The molecule has 0 bridgehead atoms. The lowest BCUT2D eigenvalue weighted by Gasteiger charge is -2.13. The number of benzene rings is 1. The van der Waals surface area contributed by atoms with E-state index in [1.54, 1.807) is 0 Å². The van der Waals surface area contributed by atoms with Gasteiger partial charge in [-0.05, 0) is 24.5 Å². The van der Waals surface area contributed by atoms with Crippen LogP contribution in [0.3, 0.4) is 0 Å². The summed E-state index contributed by atoms with van der Waals surface area (Å²) in [5, 5.41) is 9.15. The van der Waals surface area contributed by atoms with Crippen LogP contribution in [0.5, 0.6) is 0 Å². The van der Waals surface area contributed by atoms with Crippen molar-refractivity contribution in [3.8, 4) is 0 Å². The van der Waals surface area contributed by atoms with Crippen molar-refractivity contribution in [1.82, 2.24) is 0 Å². The molecule has 1 aromatic carbocycles. The van der Waals surface area contributed by atoms with Gasteiger partial charge in [0.25, 0.3) is 0 Å². The number of hydrogen-bond acceptors (Lipinski definition) is 4. The van der Waals surface area contributed by atoms with Crippen LogP contribution in [0.25, 0.3) is 5.57 Å². The average Bonchev–Trinajstić information content (AvgIpc) is 2.29. The van der Waals surface area contributed by atoms with Crippen LogP contribution in [0.1, 0.15) is 18.9 Å². The Morgan fingerprint density at radius 3 is 2.47 bits per heavy atom. The molecule has 0 saturated carbocycles. The van der Waals surface area contributed by atoms with Crippen LogP contribution >= 0.6 is 22.5 Å². The quantitative estimate of drug-likeness (QED) is 0.437. The summed E-state index contributed by atoms with van der Waals surface area (Å²) < 4.78 is 0. The largest absolute Gasteiger partial charge is 0.477 e. The molecule has 0 saturated heterocycles. The lowest BCUT2D eigenvalue weighted by Crippen LogP contribution is -2.16. The van der Waals surface area contributed by atoms with Crippen LogP contribution in [0.2, 0.25) is 0 Å². The predicted octanol–water partition coefficient (Wildman–Crippen LogP) is 2.80. The van der Waals surface area contributed by atoms with Gasteiger partial charge in [0.15, 0.2) is 0 Å². The Morgan fingerprint density at radius 1 is 1.47 bits per heavy atom. The third kappa shape index (κ3) is 4.11. The summed E-state index contributed by atoms with van der Waals surface area (Å²) in [6, 6.07) is 9.30. The fourth-order valence-corrected chi connectivity index (χ4v) is 2.48. The van der Waals surface area contributed by atoms with E-state index in [1.165, 1.54) is 0 Å². The van der Waals surface area contributed by atoms with E-state index in [0.717, 1.165) is 21.9 Å². The fraction of sp³-hybridized carbons (Fsp3) is 0.250. The highest BCUT2D eigenvalue weighted by molar-refractivity contribution is 8.70. The molecule has 3 nitrogen and oxygen atoms in total. The zero-order valence-electron chi connectivity index (χ0n) is 9.46. The summed E-state index contributed by atoms with van der Waals surface area (Å²) in [4.78, 5) is 11.4. The van der Waals surface area contributed by atoms with Gasteiger partial charge in [0.05, 0.1) is 0 Å². The molecule has 0 radical (unpaired) electrons. The Bertz CT molecular complexity index is 416. The molecular formula is C12H15NO2S2. The second kappa shape index (κ2) is 6.74. The summed E-state index contributed by atoms with van der Waals surface area (Å²) in [6.07, 6.45) is 0.513. The Morgan fingerprint density at radius 2 is 2.06 bits per heavy atom. The van der Waals surface area contributed by atoms with Gasteiger partial charge in [-0.3, -0.25) is 0 Å². The van der Waals surface area contributed by atoms with E-state index in [4.69, 9.17) is 10.8 Å². The molecular weight excluding hydrogens is 254 g/mol. The van der Waals surface area contributed by atoms with Crippen molar-refractivity contribution < 1.29 is 9.90 Å². The van der Waals surface area contributed by atoms with E-state index in [1.807, 2.05) is 37.3 Å². The molecule has 1 atom stereocenters. The maximum absolute atomic E-state index is 11.2. The summed E-state index contributed by atoms with van der Waals surface area (Å²) >= 11 is 4.00. The normalized spacial score (nSPS) is 14.1. The Balaban J connectivity index is 3.25. The molecule has 0 aliphatic carbocycles. The Labute approximate surface area is 110 Å². The maximum atomic E-state index is 11.2. The fourth-order valence-electron chi connectivity index (χ4n) is 1.53. The highest BCUT2D eigenvalue weighted by Gasteiger charge is 2.16. The topological polar surface area (TPSA) is 63.3 Å². The van der Waals surface area contributed by atoms with Gasteiger partial charge in [-0.2, -0.15) is 0 Å². The molecule has 0 fully saturated rings. The lowest BCUT2D eigenvalue weighted by molar-refractivity contribution is -0.131. The molecule has 3 N–H and O–H groups in total. The van der Waals surface area contributed by atoms with Crippen molar-refractivity contribution in [2.45, 2.75) is 19.4 Å². The van der Waals surface area contributed by atoms with Gasteiger partial charge in [-0.25, -0.2) is 4.79 Å². The van der Waals surface area contributed by atoms with E-state index in [-0.39, 0.29) is 10.9 Å². The second-order valence-corrected chi connectivity index (χ2v) is 4.89. The van der Waals surface area contributed by atoms with E-state index in [9.17, 15) is 4.79 Å². The third-order valence-electron chi connectivity index (χ3n) is 2.21. The SMILES string of the molecule is CC(N)CC(=C(SS)C(=O)O)c1ccccc1. The van der Waals surface area contributed by atoms with Crippen molar-refractivity contribution in [2.75, 3.05) is 0 Å². The number of rotatable bonds is 5. The van der Waals surface area contributed by atoms with E-state index in [2.05, 4.69) is 11.7 Å². The van der Waals surface area contributed by atoms with Crippen LogP contribution < -0.4 is 5.73 Å². The minimum atomic E-state index is -0.968. The maximum Gasteiger partial charge on any atom is 0.343 e. The first-order valence-electron chi connectivity index (χ1n) is 5.15. The van der Waals surface area contributed by atoms with Gasteiger partial charge in [-0.1, -0.05) is 41.1 Å². The minimum Gasteiger partial charge on any atom is -0.477 e. The number of thiol groups is 1. The summed E-state index contributed by atoms with van der Waals surface area (Å²) in [5.74, 6) is -0.968. The number of nitrogens with two attached hydrogens (primary N) is 1. The van der Waals surface area contributed by atoms with Crippen molar-refractivity contribution in [2.24, 2.45) is 5.73 Å². The lowest BCUT2D eigenvalue weighted by atomic mass is 9.99. The van der Waals surface area contributed by atoms with E-state index >= 15 is 0 Å². The van der Waals surface area contributed by atoms with E-state index < -0.39 is 5.97 Å². The molecule has 5 heteroatoms. The first-order chi connectivity index (χ1) is 8.06. The molecule has 1 rings (SSSR count). The van der Waals surface area contributed by atoms with Gasteiger partial charge in [0.2, 0.25) is 0 Å². The van der Waals surface area contributed by atoms with Crippen LogP contribution in [-0.2, 0) is 4.79 Å². The highest BCUT2D eigenvalue weighted by Crippen LogP contribution is 2.32. The van der Waals surface area contributed by atoms with Gasteiger partial charge in [0.1, 0.15) is 4.91 Å². The molecule has 92 valence electrons. The predicted molar refractivity (Wildman–Crippen MR) is 75.8 cm³/mol. The minimum absolute atomic E-state index is 0.0972. The molecule has 17 heavy (non-hydrogen) atoms.